The summed E-state index contributed by atoms with van der Waals surface area (Å²) in [6, 6.07) is 20.9. The lowest BCUT2D eigenvalue weighted by Crippen LogP contribution is -2.52. The zero-order valence-corrected chi connectivity index (χ0v) is 13.9. The van der Waals surface area contributed by atoms with Gasteiger partial charge in [0.2, 0.25) is 0 Å². The SMILES string of the molecule is CS(=O)(=O)OCC1CCN1C(c1ccccc1)c1ccccc1. The van der Waals surface area contributed by atoms with Crippen molar-refractivity contribution in [2.75, 3.05) is 19.4 Å². The van der Waals surface area contributed by atoms with Crippen LogP contribution in [0, 0.1) is 0 Å². The lowest BCUT2D eigenvalue weighted by atomic mass is 9.91. The zero-order valence-electron chi connectivity index (χ0n) is 13.1. The van der Waals surface area contributed by atoms with Crippen molar-refractivity contribution in [2.45, 2.75) is 18.5 Å². The molecule has 3 rings (SSSR count). The van der Waals surface area contributed by atoms with Crippen LogP contribution in [-0.4, -0.2) is 38.8 Å². The maximum absolute atomic E-state index is 11.3. The van der Waals surface area contributed by atoms with Gasteiger partial charge in [0.25, 0.3) is 10.1 Å². The Kier molecular flexibility index (Phi) is 4.80. The van der Waals surface area contributed by atoms with Crippen molar-refractivity contribution in [1.29, 1.82) is 0 Å². The second-order valence-electron chi connectivity index (χ2n) is 5.89. The van der Waals surface area contributed by atoms with Gasteiger partial charge < -0.3 is 0 Å². The Morgan fingerprint density at radius 3 is 1.96 bits per heavy atom. The maximum atomic E-state index is 11.3. The standard InChI is InChI=1S/C18H21NO3S/c1-23(20,21)22-14-17-12-13-19(17)18(15-8-4-2-5-9-15)16-10-6-3-7-11-16/h2-11,17-18H,12-14H2,1H3. The molecular formula is C18H21NO3S. The summed E-state index contributed by atoms with van der Waals surface area (Å²) in [6.07, 6.45) is 2.05. The lowest BCUT2D eigenvalue weighted by Gasteiger charge is -2.46. The number of rotatable bonds is 6. The molecule has 1 atom stereocenters. The van der Waals surface area contributed by atoms with Gasteiger partial charge in [-0.3, -0.25) is 9.08 Å². The maximum Gasteiger partial charge on any atom is 0.264 e. The van der Waals surface area contributed by atoms with Crippen molar-refractivity contribution in [3.63, 3.8) is 0 Å². The van der Waals surface area contributed by atoms with Gasteiger partial charge in [0, 0.05) is 12.6 Å². The summed E-state index contributed by atoms with van der Waals surface area (Å²) in [5.41, 5.74) is 2.42. The van der Waals surface area contributed by atoms with E-state index in [0.29, 0.717) is 0 Å². The first-order valence-electron chi connectivity index (χ1n) is 7.74. The Balaban J connectivity index is 1.85. The van der Waals surface area contributed by atoms with Crippen LogP contribution in [0.4, 0.5) is 0 Å². The summed E-state index contributed by atoms with van der Waals surface area (Å²) in [7, 11) is -3.40. The highest BCUT2D eigenvalue weighted by Crippen LogP contribution is 2.35. The monoisotopic (exact) mass is 331 g/mol. The molecule has 1 aliphatic rings. The topological polar surface area (TPSA) is 46.6 Å². The molecule has 122 valence electrons. The number of likely N-dealkylation sites (tertiary alicyclic amines) is 1. The van der Waals surface area contributed by atoms with E-state index in [1.54, 1.807) is 0 Å². The van der Waals surface area contributed by atoms with Crippen LogP contribution >= 0.6 is 0 Å². The third-order valence-electron chi connectivity index (χ3n) is 4.23. The fourth-order valence-corrected chi connectivity index (χ4v) is 3.43. The quantitative estimate of drug-likeness (QED) is 0.764. The summed E-state index contributed by atoms with van der Waals surface area (Å²) in [5, 5.41) is 0. The Morgan fingerprint density at radius 1 is 1.04 bits per heavy atom. The normalized spacial score (nSPS) is 18.8. The molecule has 2 aromatic carbocycles. The number of nitrogens with zero attached hydrogens (tertiary/aromatic N) is 1. The minimum atomic E-state index is -3.40. The first-order valence-corrected chi connectivity index (χ1v) is 9.56. The first-order chi connectivity index (χ1) is 11.0. The van der Waals surface area contributed by atoms with E-state index in [9.17, 15) is 8.42 Å². The number of hydrogen-bond donors (Lipinski definition) is 0. The summed E-state index contributed by atoms with van der Waals surface area (Å²) in [4.78, 5) is 2.32. The fraction of sp³-hybridized carbons (Fsp3) is 0.333. The molecule has 1 fully saturated rings. The van der Waals surface area contributed by atoms with Crippen molar-refractivity contribution in [3.05, 3.63) is 71.8 Å². The molecular weight excluding hydrogens is 310 g/mol. The van der Waals surface area contributed by atoms with Crippen LogP contribution in [0.2, 0.25) is 0 Å². The molecule has 0 aliphatic carbocycles. The molecule has 0 N–H and O–H groups in total. The van der Waals surface area contributed by atoms with Gasteiger partial charge in [-0.1, -0.05) is 60.7 Å². The smallest absolute Gasteiger partial charge is 0.264 e. The van der Waals surface area contributed by atoms with Crippen LogP contribution in [0.3, 0.4) is 0 Å². The molecule has 0 aromatic heterocycles. The minimum absolute atomic E-state index is 0.120. The molecule has 5 heteroatoms. The second-order valence-corrected chi connectivity index (χ2v) is 7.54. The van der Waals surface area contributed by atoms with Gasteiger partial charge >= 0.3 is 0 Å². The minimum Gasteiger partial charge on any atom is -0.287 e. The van der Waals surface area contributed by atoms with Gasteiger partial charge in [-0.05, 0) is 17.5 Å². The van der Waals surface area contributed by atoms with Gasteiger partial charge in [0.1, 0.15) is 0 Å². The Hall–Kier alpha value is -1.69. The molecule has 0 spiro atoms. The van der Waals surface area contributed by atoms with Crippen molar-refractivity contribution in [2.24, 2.45) is 0 Å². The number of hydrogen-bond acceptors (Lipinski definition) is 4. The van der Waals surface area contributed by atoms with Crippen molar-refractivity contribution in [1.82, 2.24) is 4.90 Å². The van der Waals surface area contributed by atoms with Gasteiger partial charge in [-0.15, -0.1) is 0 Å². The summed E-state index contributed by atoms with van der Waals surface area (Å²) in [5.74, 6) is 0. The van der Waals surface area contributed by atoms with Crippen LogP contribution in [0.15, 0.2) is 60.7 Å². The predicted octanol–water partition coefficient (Wildman–Crippen LogP) is 2.83. The molecule has 0 amide bonds. The average molecular weight is 331 g/mol. The van der Waals surface area contributed by atoms with Crippen LogP contribution in [0.1, 0.15) is 23.6 Å². The van der Waals surface area contributed by atoms with E-state index in [-0.39, 0.29) is 18.7 Å². The highest BCUT2D eigenvalue weighted by molar-refractivity contribution is 7.85. The highest BCUT2D eigenvalue weighted by atomic mass is 32.2. The lowest BCUT2D eigenvalue weighted by molar-refractivity contribution is 0.0263. The van der Waals surface area contributed by atoms with E-state index >= 15 is 0 Å². The fourth-order valence-electron chi connectivity index (χ4n) is 3.03. The summed E-state index contributed by atoms with van der Waals surface area (Å²) < 4.78 is 27.5. The van der Waals surface area contributed by atoms with E-state index < -0.39 is 10.1 Å². The Labute approximate surface area is 137 Å². The Morgan fingerprint density at radius 2 is 1.57 bits per heavy atom. The molecule has 2 aromatic rings. The molecule has 1 heterocycles. The van der Waals surface area contributed by atoms with Crippen molar-refractivity contribution >= 4 is 10.1 Å². The van der Waals surface area contributed by atoms with Crippen LogP contribution in [0.25, 0.3) is 0 Å². The molecule has 0 radical (unpaired) electrons. The number of benzene rings is 2. The van der Waals surface area contributed by atoms with Crippen LogP contribution in [0.5, 0.6) is 0 Å². The first kappa shape index (κ1) is 16.2. The van der Waals surface area contributed by atoms with Crippen LogP contribution < -0.4 is 0 Å². The molecule has 0 bridgehead atoms. The van der Waals surface area contributed by atoms with Gasteiger partial charge in [-0.2, -0.15) is 8.42 Å². The molecule has 1 aliphatic heterocycles. The van der Waals surface area contributed by atoms with Crippen LogP contribution in [-0.2, 0) is 14.3 Å². The molecule has 23 heavy (non-hydrogen) atoms. The van der Waals surface area contributed by atoms with Crippen molar-refractivity contribution < 1.29 is 12.6 Å². The second kappa shape index (κ2) is 6.83. The molecule has 4 nitrogen and oxygen atoms in total. The molecule has 0 saturated carbocycles. The van der Waals surface area contributed by atoms with E-state index in [2.05, 4.69) is 29.2 Å². The molecule has 1 saturated heterocycles. The van der Waals surface area contributed by atoms with E-state index in [1.165, 1.54) is 11.1 Å². The third-order valence-corrected chi connectivity index (χ3v) is 4.79. The van der Waals surface area contributed by atoms with E-state index in [1.807, 2.05) is 36.4 Å². The largest absolute Gasteiger partial charge is 0.287 e. The molecule has 1 unspecified atom stereocenters. The van der Waals surface area contributed by atoms with E-state index in [0.717, 1.165) is 19.2 Å². The predicted molar refractivity (Wildman–Crippen MR) is 90.6 cm³/mol. The van der Waals surface area contributed by atoms with Gasteiger partial charge in [0.05, 0.1) is 18.9 Å². The summed E-state index contributed by atoms with van der Waals surface area (Å²) in [6.45, 7) is 1.15. The third kappa shape index (κ3) is 3.99. The average Bonchev–Trinajstić information content (AvgIpc) is 2.52. The van der Waals surface area contributed by atoms with Gasteiger partial charge in [0.15, 0.2) is 0 Å². The summed E-state index contributed by atoms with van der Waals surface area (Å²) >= 11 is 0. The van der Waals surface area contributed by atoms with E-state index in [4.69, 9.17) is 4.18 Å². The van der Waals surface area contributed by atoms with Gasteiger partial charge in [-0.25, -0.2) is 0 Å². The highest BCUT2D eigenvalue weighted by Gasteiger charge is 2.36. The van der Waals surface area contributed by atoms with Crippen molar-refractivity contribution in [3.8, 4) is 0 Å². The Bertz CT molecular complexity index is 692. The zero-order chi connectivity index (χ0) is 16.3.